The fourth-order valence-corrected chi connectivity index (χ4v) is 2.59. The quantitative estimate of drug-likeness (QED) is 0.643. The van der Waals surface area contributed by atoms with Gasteiger partial charge in [-0.3, -0.25) is 0 Å². The third kappa shape index (κ3) is 2.53. The third-order valence-electron chi connectivity index (χ3n) is 3.62. The molecule has 0 saturated heterocycles. The molecular formula is C13H19NO3. The molecular weight excluding hydrogens is 218 g/mol. The SMILES string of the molecule is N[C@@H](c1ccc(O)cc1O)[C@H](O)C1CCCC1. The molecule has 1 aromatic carbocycles. The van der Waals surface area contributed by atoms with E-state index in [1.54, 1.807) is 6.07 Å². The monoisotopic (exact) mass is 237 g/mol. The van der Waals surface area contributed by atoms with Crippen LogP contribution in [0, 0.1) is 5.92 Å². The Labute approximate surface area is 101 Å². The van der Waals surface area contributed by atoms with Gasteiger partial charge in [0.05, 0.1) is 12.1 Å². The summed E-state index contributed by atoms with van der Waals surface area (Å²) in [7, 11) is 0. The molecule has 1 saturated carbocycles. The summed E-state index contributed by atoms with van der Waals surface area (Å²) in [6.45, 7) is 0. The van der Waals surface area contributed by atoms with Crippen LogP contribution >= 0.6 is 0 Å². The average molecular weight is 237 g/mol. The minimum atomic E-state index is -0.632. The summed E-state index contributed by atoms with van der Waals surface area (Å²) in [5.74, 6) is 0.154. The lowest BCUT2D eigenvalue weighted by molar-refractivity contribution is 0.0836. The van der Waals surface area contributed by atoms with Crippen molar-refractivity contribution in [1.29, 1.82) is 0 Å². The third-order valence-corrected chi connectivity index (χ3v) is 3.62. The van der Waals surface area contributed by atoms with Crippen molar-refractivity contribution in [1.82, 2.24) is 0 Å². The molecule has 1 aliphatic carbocycles. The van der Waals surface area contributed by atoms with E-state index >= 15 is 0 Å². The molecule has 2 atom stereocenters. The first-order valence-electron chi connectivity index (χ1n) is 6.05. The largest absolute Gasteiger partial charge is 0.508 e. The van der Waals surface area contributed by atoms with Gasteiger partial charge in [-0.1, -0.05) is 12.8 Å². The minimum Gasteiger partial charge on any atom is -0.508 e. The van der Waals surface area contributed by atoms with Crippen LogP contribution in [0.5, 0.6) is 11.5 Å². The van der Waals surface area contributed by atoms with Crippen LogP contribution < -0.4 is 5.73 Å². The second-order valence-electron chi connectivity index (χ2n) is 4.80. The Hall–Kier alpha value is -1.26. The molecule has 0 aliphatic heterocycles. The van der Waals surface area contributed by atoms with Crippen LogP contribution in [0.25, 0.3) is 0 Å². The number of phenols is 2. The molecule has 0 unspecified atom stereocenters. The summed E-state index contributed by atoms with van der Waals surface area (Å²) in [5.41, 5.74) is 6.47. The molecule has 2 rings (SSSR count). The molecule has 1 fully saturated rings. The van der Waals surface area contributed by atoms with Gasteiger partial charge in [-0.05, 0) is 30.9 Å². The fraction of sp³-hybridized carbons (Fsp3) is 0.538. The summed E-state index contributed by atoms with van der Waals surface area (Å²) >= 11 is 0. The van der Waals surface area contributed by atoms with Crippen molar-refractivity contribution < 1.29 is 15.3 Å². The van der Waals surface area contributed by atoms with Crippen molar-refractivity contribution in [2.24, 2.45) is 11.7 Å². The van der Waals surface area contributed by atoms with E-state index < -0.39 is 12.1 Å². The lowest BCUT2D eigenvalue weighted by Crippen LogP contribution is -2.31. The number of benzene rings is 1. The zero-order valence-electron chi connectivity index (χ0n) is 9.71. The summed E-state index contributed by atoms with van der Waals surface area (Å²) in [6, 6.07) is 3.68. The Morgan fingerprint density at radius 1 is 1.18 bits per heavy atom. The van der Waals surface area contributed by atoms with Crippen molar-refractivity contribution in [2.75, 3.05) is 0 Å². The first-order valence-corrected chi connectivity index (χ1v) is 6.05. The summed E-state index contributed by atoms with van der Waals surface area (Å²) < 4.78 is 0. The van der Waals surface area contributed by atoms with Gasteiger partial charge in [-0.15, -0.1) is 0 Å². The van der Waals surface area contributed by atoms with E-state index in [2.05, 4.69) is 0 Å². The molecule has 0 bridgehead atoms. The van der Waals surface area contributed by atoms with E-state index in [1.165, 1.54) is 12.1 Å². The molecule has 1 aliphatic rings. The van der Waals surface area contributed by atoms with E-state index in [0.29, 0.717) is 5.56 Å². The normalized spacial score (nSPS) is 20.4. The Morgan fingerprint density at radius 2 is 1.82 bits per heavy atom. The highest BCUT2D eigenvalue weighted by molar-refractivity contribution is 5.41. The minimum absolute atomic E-state index is 0.00574. The zero-order valence-corrected chi connectivity index (χ0v) is 9.71. The van der Waals surface area contributed by atoms with Gasteiger partial charge in [0.25, 0.3) is 0 Å². The number of phenolic OH excluding ortho intramolecular Hbond substituents is 2. The van der Waals surface area contributed by atoms with Gasteiger partial charge in [0, 0.05) is 11.6 Å². The molecule has 0 spiro atoms. The Morgan fingerprint density at radius 3 is 2.41 bits per heavy atom. The van der Waals surface area contributed by atoms with E-state index in [0.717, 1.165) is 25.7 Å². The summed E-state index contributed by atoms with van der Waals surface area (Å²) in [4.78, 5) is 0. The second-order valence-corrected chi connectivity index (χ2v) is 4.80. The number of nitrogens with two attached hydrogens (primary N) is 1. The number of hydrogen-bond acceptors (Lipinski definition) is 4. The second kappa shape index (κ2) is 4.94. The molecule has 0 heterocycles. The predicted octanol–water partition coefficient (Wildman–Crippen LogP) is 1.65. The van der Waals surface area contributed by atoms with Gasteiger partial charge in [0.15, 0.2) is 0 Å². The highest BCUT2D eigenvalue weighted by Gasteiger charge is 2.29. The standard InChI is InChI=1S/C13H19NO3/c14-12(13(17)8-3-1-2-4-8)10-6-5-9(15)7-11(10)16/h5-8,12-13,15-17H,1-4,14H2/t12-,13+/m0/s1. The van der Waals surface area contributed by atoms with Crippen molar-refractivity contribution in [3.63, 3.8) is 0 Å². The van der Waals surface area contributed by atoms with Crippen LogP contribution in [0.2, 0.25) is 0 Å². The Bertz CT molecular complexity index is 388. The van der Waals surface area contributed by atoms with Gasteiger partial charge in [0.1, 0.15) is 11.5 Å². The first kappa shape index (κ1) is 12.2. The number of aromatic hydroxyl groups is 2. The van der Waals surface area contributed by atoms with Crippen LogP contribution in [-0.2, 0) is 0 Å². The maximum absolute atomic E-state index is 10.2. The fourth-order valence-electron chi connectivity index (χ4n) is 2.59. The molecule has 0 amide bonds. The van der Waals surface area contributed by atoms with E-state index in [4.69, 9.17) is 5.73 Å². The number of aliphatic hydroxyl groups is 1. The average Bonchev–Trinajstić information content (AvgIpc) is 2.80. The van der Waals surface area contributed by atoms with Gasteiger partial charge in [-0.25, -0.2) is 0 Å². The predicted molar refractivity (Wildman–Crippen MR) is 64.7 cm³/mol. The Balaban J connectivity index is 2.15. The number of hydrogen-bond donors (Lipinski definition) is 4. The van der Waals surface area contributed by atoms with Gasteiger partial charge in [0.2, 0.25) is 0 Å². The molecule has 17 heavy (non-hydrogen) atoms. The molecule has 4 nitrogen and oxygen atoms in total. The zero-order chi connectivity index (χ0) is 12.4. The van der Waals surface area contributed by atoms with Crippen molar-refractivity contribution in [3.05, 3.63) is 23.8 Å². The maximum Gasteiger partial charge on any atom is 0.124 e. The Kier molecular flexibility index (Phi) is 3.54. The smallest absolute Gasteiger partial charge is 0.124 e. The van der Waals surface area contributed by atoms with Crippen LogP contribution in [0.1, 0.15) is 37.3 Å². The van der Waals surface area contributed by atoms with E-state index in [-0.39, 0.29) is 17.4 Å². The van der Waals surface area contributed by atoms with Crippen molar-refractivity contribution >= 4 is 0 Å². The molecule has 0 aromatic heterocycles. The van der Waals surface area contributed by atoms with Gasteiger partial charge < -0.3 is 21.1 Å². The molecule has 94 valence electrons. The van der Waals surface area contributed by atoms with Crippen LogP contribution in [0.3, 0.4) is 0 Å². The topological polar surface area (TPSA) is 86.7 Å². The van der Waals surface area contributed by atoms with E-state index in [9.17, 15) is 15.3 Å². The highest BCUT2D eigenvalue weighted by Crippen LogP contribution is 2.35. The van der Waals surface area contributed by atoms with Crippen LogP contribution in [0.4, 0.5) is 0 Å². The molecule has 1 aromatic rings. The summed E-state index contributed by atoms with van der Waals surface area (Å²) in [5, 5.41) is 29.1. The first-order chi connectivity index (χ1) is 8.09. The number of aliphatic hydroxyl groups excluding tert-OH is 1. The van der Waals surface area contributed by atoms with Gasteiger partial charge >= 0.3 is 0 Å². The lowest BCUT2D eigenvalue weighted by atomic mass is 9.90. The molecule has 4 heteroatoms. The summed E-state index contributed by atoms with van der Waals surface area (Å²) in [6.07, 6.45) is 3.63. The van der Waals surface area contributed by atoms with Crippen LogP contribution in [0.15, 0.2) is 18.2 Å². The highest BCUT2D eigenvalue weighted by atomic mass is 16.3. The van der Waals surface area contributed by atoms with Crippen LogP contribution in [-0.4, -0.2) is 21.4 Å². The lowest BCUT2D eigenvalue weighted by Gasteiger charge is -2.25. The molecule has 0 radical (unpaired) electrons. The van der Waals surface area contributed by atoms with Gasteiger partial charge in [-0.2, -0.15) is 0 Å². The number of rotatable bonds is 3. The van der Waals surface area contributed by atoms with Crippen molar-refractivity contribution in [2.45, 2.75) is 37.8 Å². The van der Waals surface area contributed by atoms with E-state index in [1.807, 2.05) is 0 Å². The molecule has 5 N–H and O–H groups in total. The maximum atomic E-state index is 10.2. The van der Waals surface area contributed by atoms with Crippen molar-refractivity contribution in [3.8, 4) is 11.5 Å².